The van der Waals surface area contributed by atoms with E-state index in [1.807, 2.05) is 30.3 Å². The molecule has 0 aliphatic heterocycles. The van der Waals surface area contributed by atoms with Crippen LogP contribution in [0.2, 0.25) is 0 Å². The highest BCUT2D eigenvalue weighted by Gasteiger charge is 2.17. The second-order valence-electron chi connectivity index (χ2n) is 5.71. The smallest absolute Gasteiger partial charge is 0.319 e. The summed E-state index contributed by atoms with van der Waals surface area (Å²) in [6.07, 6.45) is 3.20. The largest absolute Gasteiger partial charge is 0.497 e. The molecular formula is C19H21N5O3. The number of nitrogens with zero attached hydrogens (tertiary/aromatic N) is 3. The van der Waals surface area contributed by atoms with E-state index in [-0.39, 0.29) is 12.1 Å². The number of nitrogens with one attached hydrogen (secondary N) is 2. The number of methoxy groups -OCH3 is 2. The maximum atomic E-state index is 12.6. The van der Waals surface area contributed by atoms with Crippen molar-refractivity contribution >= 4 is 11.7 Å². The average molecular weight is 367 g/mol. The first-order valence-corrected chi connectivity index (χ1v) is 8.38. The monoisotopic (exact) mass is 367 g/mol. The van der Waals surface area contributed by atoms with E-state index in [1.54, 1.807) is 37.7 Å². The molecule has 0 saturated carbocycles. The Morgan fingerprint density at radius 3 is 2.48 bits per heavy atom. The molecule has 3 aromatic rings. The lowest BCUT2D eigenvalue weighted by molar-refractivity contribution is 0.246. The molecule has 0 fully saturated rings. The molecule has 1 heterocycles. The Kier molecular flexibility index (Phi) is 5.88. The highest BCUT2D eigenvalue weighted by Crippen LogP contribution is 2.29. The van der Waals surface area contributed by atoms with Crippen molar-refractivity contribution in [2.45, 2.75) is 12.6 Å². The molecule has 0 aliphatic carbocycles. The average Bonchev–Trinajstić information content (AvgIpc) is 3.21. The van der Waals surface area contributed by atoms with Crippen molar-refractivity contribution in [2.75, 3.05) is 19.5 Å². The van der Waals surface area contributed by atoms with Crippen LogP contribution >= 0.6 is 0 Å². The Hall–Kier alpha value is -3.55. The van der Waals surface area contributed by atoms with Gasteiger partial charge in [0.25, 0.3) is 0 Å². The molecule has 0 aliphatic rings. The van der Waals surface area contributed by atoms with Crippen LogP contribution in [-0.4, -0.2) is 35.2 Å². The molecule has 2 aromatic carbocycles. The van der Waals surface area contributed by atoms with Crippen molar-refractivity contribution in [1.29, 1.82) is 0 Å². The normalized spacial score (nSPS) is 11.5. The van der Waals surface area contributed by atoms with Gasteiger partial charge in [-0.05, 0) is 17.7 Å². The highest BCUT2D eigenvalue weighted by atomic mass is 16.5. The minimum Gasteiger partial charge on any atom is -0.497 e. The third-order valence-corrected chi connectivity index (χ3v) is 3.98. The van der Waals surface area contributed by atoms with Gasteiger partial charge in [-0.15, -0.1) is 0 Å². The van der Waals surface area contributed by atoms with Crippen molar-refractivity contribution in [1.82, 2.24) is 20.3 Å². The fraction of sp³-hybridized carbons (Fsp3) is 0.211. The van der Waals surface area contributed by atoms with E-state index in [1.165, 1.54) is 11.9 Å². The molecular weight excluding hydrogens is 346 g/mol. The number of ether oxygens (including phenoxy) is 2. The van der Waals surface area contributed by atoms with Crippen molar-refractivity contribution in [2.24, 2.45) is 0 Å². The lowest BCUT2D eigenvalue weighted by atomic mass is 10.1. The minimum atomic E-state index is -0.362. The van der Waals surface area contributed by atoms with E-state index in [0.29, 0.717) is 23.7 Å². The summed E-state index contributed by atoms with van der Waals surface area (Å²) in [7, 11) is 3.11. The maximum absolute atomic E-state index is 12.6. The van der Waals surface area contributed by atoms with Crippen molar-refractivity contribution in [3.05, 3.63) is 66.5 Å². The predicted molar refractivity (Wildman–Crippen MR) is 101 cm³/mol. The number of rotatable bonds is 7. The van der Waals surface area contributed by atoms with Crippen LogP contribution in [0.15, 0.2) is 60.9 Å². The number of hydrogen-bond acceptors (Lipinski definition) is 5. The van der Waals surface area contributed by atoms with E-state index in [0.717, 1.165) is 5.56 Å². The SMILES string of the molecule is COc1ccc(NC(=O)NC(Cn2nccn2)c2ccccc2)c(OC)c1. The van der Waals surface area contributed by atoms with E-state index >= 15 is 0 Å². The zero-order chi connectivity index (χ0) is 19.1. The molecule has 8 heteroatoms. The summed E-state index contributed by atoms with van der Waals surface area (Å²) in [6.45, 7) is 0.407. The molecule has 8 nitrogen and oxygen atoms in total. The van der Waals surface area contributed by atoms with E-state index in [4.69, 9.17) is 9.47 Å². The number of aromatic nitrogens is 3. The van der Waals surface area contributed by atoms with E-state index < -0.39 is 0 Å². The Bertz CT molecular complexity index is 868. The lowest BCUT2D eigenvalue weighted by Gasteiger charge is -2.20. The summed E-state index contributed by atoms with van der Waals surface area (Å²) in [5, 5.41) is 14.0. The van der Waals surface area contributed by atoms with Crippen molar-refractivity contribution in [3.8, 4) is 11.5 Å². The predicted octanol–water partition coefficient (Wildman–Crippen LogP) is 2.86. The summed E-state index contributed by atoms with van der Waals surface area (Å²) < 4.78 is 10.5. The molecule has 1 atom stereocenters. The fourth-order valence-electron chi connectivity index (χ4n) is 2.64. The van der Waals surface area contributed by atoms with Gasteiger partial charge in [0.15, 0.2) is 0 Å². The molecule has 3 rings (SSSR count). The maximum Gasteiger partial charge on any atom is 0.319 e. The third kappa shape index (κ3) is 4.75. The highest BCUT2D eigenvalue weighted by molar-refractivity contribution is 5.91. The quantitative estimate of drug-likeness (QED) is 0.670. The first kappa shape index (κ1) is 18.2. The Morgan fingerprint density at radius 2 is 1.81 bits per heavy atom. The summed E-state index contributed by atoms with van der Waals surface area (Å²) in [5.41, 5.74) is 1.49. The van der Waals surface area contributed by atoms with Crippen LogP contribution in [0.1, 0.15) is 11.6 Å². The van der Waals surface area contributed by atoms with E-state index in [2.05, 4.69) is 20.8 Å². The summed E-state index contributed by atoms with van der Waals surface area (Å²) in [4.78, 5) is 14.1. The topological polar surface area (TPSA) is 90.3 Å². The van der Waals surface area contributed by atoms with Gasteiger partial charge in [-0.3, -0.25) is 0 Å². The number of benzene rings is 2. The Labute approximate surface area is 157 Å². The number of carbonyl (C=O) groups is 1. The first-order valence-electron chi connectivity index (χ1n) is 8.38. The van der Waals surface area contributed by atoms with Gasteiger partial charge in [0, 0.05) is 6.07 Å². The Balaban J connectivity index is 1.74. The summed E-state index contributed by atoms with van der Waals surface area (Å²) in [5.74, 6) is 1.15. The molecule has 0 bridgehead atoms. The van der Waals surface area contributed by atoms with Gasteiger partial charge in [0.05, 0.1) is 44.9 Å². The van der Waals surface area contributed by atoms with Crippen LogP contribution in [0.4, 0.5) is 10.5 Å². The molecule has 2 amide bonds. The molecule has 27 heavy (non-hydrogen) atoms. The van der Waals surface area contributed by atoms with Crippen LogP contribution in [0.3, 0.4) is 0 Å². The molecule has 0 radical (unpaired) electrons. The molecule has 1 unspecified atom stereocenters. The van der Waals surface area contributed by atoms with Crippen LogP contribution in [0, 0.1) is 0 Å². The number of amides is 2. The van der Waals surface area contributed by atoms with Gasteiger partial charge < -0.3 is 20.1 Å². The van der Waals surface area contributed by atoms with Gasteiger partial charge in [0.2, 0.25) is 0 Å². The number of carbonyl (C=O) groups excluding carboxylic acids is 1. The molecule has 0 saturated heterocycles. The van der Waals surface area contributed by atoms with Gasteiger partial charge in [-0.2, -0.15) is 15.0 Å². The molecule has 0 spiro atoms. The molecule has 1 aromatic heterocycles. The van der Waals surface area contributed by atoms with Crippen LogP contribution in [-0.2, 0) is 6.54 Å². The summed E-state index contributed by atoms with van der Waals surface area (Å²) in [6, 6.07) is 14.2. The minimum absolute atomic E-state index is 0.303. The zero-order valence-corrected chi connectivity index (χ0v) is 15.1. The number of anilines is 1. The number of hydrogen-bond donors (Lipinski definition) is 2. The van der Waals surface area contributed by atoms with Gasteiger partial charge >= 0.3 is 6.03 Å². The van der Waals surface area contributed by atoms with Gasteiger partial charge in [-0.1, -0.05) is 30.3 Å². The molecule has 140 valence electrons. The lowest BCUT2D eigenvalue weighted by Crippen LogP contribution is -2.35. The molecule has 2 N–H and O–H groups in total. The Morgan fingerprint density at radius 1 is 1.07 bits per heavy atom. The van der Waals surface area contributed by atoms with Crippen molar-refractivity contribution < 1.29 is 14.3 Å². The third-order valence-electron chi connectivity index (χ3n) is 3.98. The zero-order valence-electron chi connectivity index (χ0n) is 15.1. The first-order chi connectivity index (χ1) is 13.2. The second-order valence-corrected chi connectivity index (χ2v) is 5.71. The van der Waals surface area contributed by atoms with Gasteiger partial charge in [0.1, 0.15) is 11.5 Å². The van der Waals surface area contributed by atoms with Crippen LogP contribution < -0.4 is 20.1 Å². The standard InChI is InChI=1S/C19H21N5O3/c1-26-15-8-9-16(18(12-15)27-2)22-19(25)23-17(13-24-20-10-11-21-24)14-6-4-3-5-7-14/h3-12,17H,13H2,1-2H3,(H2,22,23,25). The van der Waals surface area contributed by atoms with Crippen LogP contribution in [0.25, 0.3) is 0 Å². The van der Waals surface area contributed by atoms with E-state index in [9.17, 15) is 4.79 Å². The summed E-state index contributed by atoms with van der Waals surface area (Å²) >= 11 is 0. The fourth-order valence-corrected chi connectivity index (χ4v) is 2.64. The van der Waals surface area contributed by atoms with Crippen molar-refractivity contribution in [3.63, 3.8) is 0 Å². The second kappa shape index (κ2) is 8.70. The number of urea groups is 1. The van der Waals surface area contributed by atoms with Crippen LogP contribution in [0.5, 0.6) is 11.5 Å². The van der Waals surface area contributed by atoms with Gasteiger partial charge in [-0.25, -0.2) is 4.79 Å².